The van der Waals surface area contributed by atoms with Crippen LogP contribution >= 0.6 is 0 Å². The van der Waals surface area contributed by atoms with Gasteiger partial charge in [-0.25, -0.2) is 8.78 Å². The fourth-order valence-corrected chi connectivity index (χ4v) is 4.27. The highest BCUT2D eigenvalue weighted by atomic mass is 19.1. The number of rotatable bonds is 10. The highest BCUT2D eigenvalue weighted by Gasteiger charge is 2.24. The first-order valence-electron chi connectivity index (χ1n) is 13.1. The minimum Gasteiger partial charge on any atom is -0.494 e. The number of nitrogens with one attached hydrogen (secondary N) is 2. The number of hydrogen-bond acceptors (Lipinski definition) is 7. The molecule has 0 radical (unpaired) electrons. The van der Waals surface area contributed by atoms with E-state index in [9.17, 15) is 23.2 Å². The largest absolute Gasteiger partial charge is 0.494 e. The summed E-state index contributed by atoms with van der Waals surface area (Å²) < 4.78 is 49.0. The molecule has 44 heavy (non-hydrogen) atoms. The molecular formula is C32H29F2N3O7. The van der Waals surface area contributed by atoms with Crippen LogP contribution < -0.4 is 34.7 Å². The van der Waals surface area contributed by atoms with Crippen LogP contribution in [0.1, 0.15) is 36.6 Å². The van der Waals surface area contributed by atoms with Crippen molar-refractivity contribution in [2.24, 2.45) is 0 Å². The summed E-state index contributed by atoms with van der Waals surface area (Å²) in [5, 5.41) is 0. The molecule has 0 saturated heterocycles. The molecule has 0 aliphatic rings. The van der Waals surface area contributed by atoms with Crippen LogP contribution in [0.25, 0.3) is 0 Å². The monoisotopic (exact) mass is 605 g/mol. The van der Waals surface area contributed by atoms with E-state index in [1.807, 2.05) is 0 Å². The number of nitrogens with zero attached hydrogens (tertiary/aromatic N) is 1. The first kappa shape index (κ1) is 31.3. The number of hydrogen-bond donors (Lipinski definition) is 2. The van der Waals surface area contributed by atoms with Gasteiger partial charge in [0, 0.05) is 28.8 Å². The predicted octanol–water partition coefficient (Wildman–Crippen LogP) is 4.92. The third kappa shape index (κ3) is 7.04. The molecule has 4 aromatic rings. The van der Waals surface area contributed by atoms with Gasteiger partial charge in [-0.2, -0.15) is 0 Å². The Morgan fingerprint density at radius 1 is 0.636 bits per heavy atom. The van der Waals surface area contributed by atoms with Crippen LogP contribution in [-0.4, -0.2) is 46.2 Å². The molecule has 0 unspecified atom stereocenters. The normalized spacial score (nSPS) is 10.4. The SMILES string of the molecule is COc1ccc(CN(C(=O)c2ccc(C(=O)NNC(=O)c3ccc(F)cc3)cc2)c2cc(OC)c(OC)c(OC)c2)cc1F. The van der Waals surface area contributed by atoms with Crippen molar-refractivity contribution in [1.29, 1.82) is 0 Å². The molecule has 0 atom stereocenters. The van der Waals surface area contributed by atoms with Gasteiger partial charge in [-0.15, -0.1) is 0 Å². The van der Waals surface area contributed by atoms with Gasteiger partial charge in [-0.05, 0) is 66.2 Å². The van der Waals surface area contributed by atoms with Crippen LogP contribution in [0, 0.1) is 11.6 Å². The summed E-state index contributed by atoms with van der Waals surface area (Å²) in [6, 6.07) is 18.0. The molecule has 0 saturated carbocycles. The molecule has 3 amide bonds. The lowest BCUT2D eigenvalue weighted by molar-refractivity contribution is 0.0846. The van der Waals surface area contributed by atoms with Crippen molar-refractivity contribution in [2.75, 3.05) is 33.3 Å². The molecule has 0 aliphatic carbocycles. The van der Waals surface area contributed by atoms with Crippen molar-refractivity contribution in [2.45, 2.75) is 6.54 Å². The number of methoxy groups -OCH3 is 4. The van der Waals surface area contributed by atoms with E-state index in [1.165, 1.54) is 81.9 Å². The van der Waals surface area contributed by atoms with Crippen LogP contribution in [0.2, 0.25) is 0 Å². The zero-order chi connectivity index (χ0) is 31.8. The third-order valence-corrected chi connectivity index (χ3v) is 6.55. The number of ether oxygens (including phenoxy) is 4. The van der Waals surface area contributed by atoms with Crippen molar-refractivity contribution in [3.8, 4) is 23.0 Å². The van der Waals surface area contributed by atoms with Crippen LogP contribution in [0.15, 0.2) is 78.9 Å². The first-order chi connectivity index (χ1) is 21.2. The number of anilines is 1. The number of hydrazine groups is 1. The molecule has 12 heteroatoms. The molecule has 0 bridgehead atoms. The van der Waals surface area contributed by atoms with Crippen molar-refractivity contribution < 1.29 is 42.1 Å². The maximum absolute atomic E-state index is 14.5. The molecular weight excluding hydrogens is 576 g/mol. The Kier molecular flexibility index (Phi) is 9.96. The molecule has 228 valence electrons. The summed E-state index contributed by atoms with van der Waals surface area (Å²) >= 11 is 0. The summed E-state index contributed by atoms with van der Waals surface area (Å²) in [7, 11) is 5.69. The van der Waals surface area contributed by atoms with E-state index in [-0.39, 0.29) is 29.0 Å². The number of carbonyl (C=O) groups excluding carboxylic acids is 3. The van der Waals surface area contributed by atoms with Crippen molar-refractivity contribution in [3.05, 3.63) is 113 Å². The molecule has 0 spiro atoms. The maximum Gasteiger partial charge on any atom is 0.269 e. The Labute approximate surface area is 252 Å². The van der Waals surface area contributed by atoms with Gasteiger partial charge >= 0.3 is 0 Å². The number of benzene rings is 4. The van der Waals surface area contributed by atoms with Gasteiger partial charge in [0.2, 0.25) is 5.75 Å². The lowest BCUT2D eigenvalue weighted by Gasteiger charge is -2.25. The van der Waals surface area contributed by atoms with Gasteiger partial charge in [0.1, 0.15) is 5.82 Å². The standard InChI is InChI=1S/C32H29F2N3O7/c1-41-26-14-5-19(15-25(26)34)18-37(24-16-27(42-2)29(44-4)28(17-24)43-3)32(40)22-8-6-20(7-9-22)30(38)35-36-31(39)21-10-12-23(33)13-11-21/h5-17H,18H2,1-4H3,(H,35,38)(H,36,39). The summed E-state index contributed by atoms with van der Waals surface area (Å²) in [5.74, 6) is -1.87. The van der Waals surface area contributed by atoms with Crippen molar-refractivity contribution in [1.82, 2.24) is 10.9 Å². The summed E-state index contributed by atoms with van der Waals surface area (Å²) in [6.07, 6.45) is 0. The van der Waals surface area contributed by atoms with Crippen molar-refractivity contribution >= 4 is 23.4 Å². The van der Waals surface area contributed by atoms with Crippen LogP contribution in [0.4, 0.5) is 14.5 Å². The highest BCUT2D eigenvalue weighted by molar-refractivity contribution is 6.07. The average Bonchev–Trinajstić information content (AvgIpc) is 3.05. The molecule has 0 fully saturated rings. The summed E-state index contributed by atoms with van der Waals surface area (Å²) in [6.45, 7) is -0.0456. The molecule has 10 nitrogen and oxygen atoms in total. The van der Waals surface area contributed by atoms with Crippen LogP contribution in [0.5, 0.6) is 23.0 Å². The average molecular weight is 606 g/mol. The molecule has 0 heterocycles. The summed E-state index contributed by atoms with van der Waals surface area (Å²) in [5.41, 5.74) is 5.88. The van der Waals surface area contributed by atoms with Gasteiger partial charge < -0.3 is 23.8 Å². The Balaban J connectivity index is 1.60. The topological polar surface area (TPSA) is 115 Å². The van der Waals surface area contributed by atoms with E-state index in [4.69, 9.17) is 18.9 Å². The number of halogens is 2. The molecule has 2 N–H and O–H groups in total. The van der Waals surface area contributed by atoms with E-state index in [2.05, 4.69) is 10.9 Å². The minimum atomic E-state index is -0.644. The van der Waals surface area contributed by atoms with E-state index >= 15 is 0 Å². The zero-order valence-electron chi connectivity index (χ0n) is 24.3. The number of amides is 3. The molecule has 0 aromatic heterocycles. The Morgan fingerprint density at radius 3 is 1.61 bits per heavy atom. The van der Waals surface area contributed by atoms with E-state index in [1.54, 1.807) is 18.2 Å². The molecule has 4 aromatic carbocycles. The van der Waals surface area contributed by atoms with Gasteiger partial charge in [-0.3, -0.25) is 25.2 Å². The van der Waals surface area contributed by atoms with Gasteiger partial charge in [0.25, 0.3) is 17.7 Å². The van der Waals surface area contributed by atoms with Crippen molar-refractivity contribution in [3.63, 3.8) is 0 Å². The zero-order valence-corrected chi connectivity index (χ0v) is 24.3. The predicted molar refractivity (Wildman–Crippen MR) is 157 cm³/mol. The lowest BCUT2D eigenvalue weighted by Crippen LogP contribution is -2.41. The Morgan fingerprint density at radius 2 is 1.14 bits per heavy atom. The van der Waals surface area contributed by atoms with E-state index < -0.39 is 29.4 Å². The Bertz CT molecular complexity index is 1640. The van der Waals surface area contributed by atoms with Gasteiger partial charge in [-0.1, -0.05) is 6.07 Å². The van der Waals surface area contributed by atoms with E-state index in [0.717, 1.165) is 12.1 Å². The van der Waals surface area contributed by atoms with Gasteiger partial charge in [0.15, 0.2) is 23.1 Å². The highest BCUT2D eigenvalue weighted by Crippen LogP contribution is 2.41. The Hall–Kier alpha value is -5.65. The maximum atomic E-state index is 14.5. The van der Waals surface area contributed by atoms with Gasteiger partial charge in [0.05, 0.1) is 40.7 Å². The second-order valence-electron chi connectivity index (χ2n) is 9.24. The third-order valence-electron chi connectivity index (χ3n) is 6.55. The van der Waals surface area contributed by atoms with E-state index in [0.29, 0.717) is 28.5 Å². The first-order valence-corrected chi connectivity index (χ1v) is 13.1. The smallest absolute Gasteiger partial charge is 0.269 e. The van der Waals surface area contributed by atoms with Crippen LogP contribution in [0.3, 0.4) is 0 Å². The molecule has 4 rings (SSSR count). The summed E-state index contributed by atoms with van der Waals surface area (Å²) in [4.78, 5) is 40.2. The fraction of sp³-hybridized carbons (Fsp3) is 0.156. The van der Waals surface area contributed by atoms with Crippen LogP contribution in [-0.2, 0) is 6.54 Å². The lowest BCUT2D eigenvalue weighted by atomic mass is 10.1. The second-order valence-corrected chi connectivity index (χ2v) is 9.24. The molecule has 0 aliphatic heterocycles. The minimum absolute atomic E-state index is 0.0456. The quantitative estimate of drug-likeness (QED) is 0.247. The fourth-order valence-electron chi connectivity index (χ4n) is 4.27. The second kappa shape index (κ2) is 14.0. The number of carbonyl (C=O) groups is 3.